The van der Waals surface area contributed by atoms with Crippen molar-refractivity contribution in [3.63, 3.8) is 0 Å². The molecule has 0 saturated carbocycles. The molecule has 2 nitrogen and oxygen atoms in total. The molecule has 0 amide bonds. The van der Waals surface area contributed by atoms with E-state index in [1.165, 1.54) is 0 Å². The van der Waals surface area contributed by atoms with Crippen LogP contribution in [0.3, 0.4) is 0 Å². The Kier molecular flexibility index (Phi) is 4.16. The molecule has 1 rings (SSSR count). The van der Waals surface area contributed by atoms with E-state index in [1.807, 2.05) is 0 Å². The van der Waals surface area contributed by atoms with E-state index >= 15 is 0 Å². The molecule has 0 bridgehead atoms. The van der Waals surface area contributed by atoms with Crippen molar-refractivity contribution in [1.82, 2.24) is 0 Å². The van der Waals surface area contributed by atoms with Crippen molar-refractivity contribution in [3.8, 4) is 6.07 Å². The molecule has 0 aliphatic rings. The number of rotatable bonds is 0. The number of pyridine rings is 1. The van der Waals surface area contributed by atoms with E-state index < -0.39 is 25.8 Å². The van der Waals surface area contributed by atoms with Crippen LogP contribution >= 0.6 is 0 Å². The molecule has 1 aromatic heterocycles. The van der Waals surface area contributed by atoms with Gasteiger partial charge in [0.1, 0.15) is 0 Å². The van der Waals surface area contributed by atoms with E-state index in [2.05, 4.69) is 0 Å². The average molecular weight is 409 g/mol. The second-order valence-corrected chi connectivity index (χ2v) is 8.50. The minimum atomic E-state index is -11.2. The summed E-state index contributed by atoms with van der Waals surface area (Å²) < 4.78 is 95.3. The van der Waals surface area contributed by atoms with E-state index in [0.717, 1.165) is 24.5 Å². The molecule has 0 N–H and O–H groups in total. The maximum atomic E-state index is 11.9. The second kappa shape index (κ2) is 4.44. The number of nitriles is 1. The fraction of sp³-hybridized carbons (Fsp3) is 0.143. The normalized spacial score (nSPS) is 15.4. The van der Waals surface area contributed by atoms with Crippen LogP contribution < -0.4 is 4.57 Å². The van der Waals surface area contributed by atoms with E-state index in [0.29, 0.717) is 0 Å². The van der Waals surface area contributed by atoms with Gasteiger partial charge in [-0.05, 0) is 0 Å². The molecule has 12 heteroatoms. The van der Waals surface area contributed by atoms with Gasteiger partial charge >= 0.3 is 42.7 Å². The van der Waals surface area contributed by atoms with Crippen molar-refractivity contribution < 1.29 is 34.6 Å². The van der Waals surface area contributed by atoms with Gasteiger partial charge in [-0.3, -0.25) is 0 Å². The third-order valence-corrected chi connectivity index (χ3v) is 1.25. The Bertz CT molecular complexity index is 466. The SMILES string of the molecule is N#Cc1cc[n+](C(F)(F)F)cc1.[F][Sb-]([F])([F])([F])([F])[F]. The number of hydrogen-bond acceptors (Lipinski definition) is 1. The van der Waals surface area contributed by atoms with Crippen LogP contribution in [0.2, 0.25) is 0 Å². The fourth-order valence-corrected chi connectivity index (χ4v) is 0.670. The molecule has 110 valence electrons. The van der Waals surface area contributed by atoms with E-state index in [9.17, 15) is 30.0 Å². The van der Waals surface area contributed by atoms with E-state index in [1.54, 1.807) is 6.07 Å². The molecule has 1 heterocycles. The standard InChI is InChI=1S/C7H4F3N2.6FH.Sb/c8-7(9,10)12-3-1-6(5-11)2-4-12;;;;;;;/h1-4H;6*1H;/q+1;;;;;;;+5/p-6. The summed E-state index contributed by atoms with van der Waals surface area (Å²) in [6.07, 6.45) is -2.80. The first-order valence-corrected chi connectivity index (χ1v) is 9.83. The summed E-state index contributed by atoms with van der Waals surface area (Å²) in [4.78, 5) is 0. The maximum absolute atomic E-state index is 11.9. The summed E-state index contributed by atoms with van der Waals surface area (Å²) in [5.74, 6) is 0. The number of halogens is 9. The Hall–Kier alpha value is -1.17. The van der Waals surface area contributed by atoms with Crippen LogP contribution in [0.5, 0.6) is 0 Å². The predicted molar refractivity (Wildman–Crippen MR) is 45.1 cm³/mol. The van der Waals surface area contributed by atoms with Crippen molar-refractivity contribution in [2.45, 2.75) is 6.30 Å². The zero-order valence-electron chi connectivity index (χ0n) is 8.55. The van der Waals surface area contributed by atoms with Crippen LogP contribution in [0.4, 0.5) is 30.0 Å². The van der Waals surface area contributed by atoms with Gasteiger partial charge in [0.15, 0.2) is 12.4 Å². The van der Waals surface area contributed by atoms with Crippen LogP contribution in [0.25, 0.3) is 0 Å². The Morgan fingerprint density at radius 1 is 0.947 bits per heavy atom. The molecular formula is C7H4F9N2Sb. The van der Waals surface area contributed by atoms with E-state index in [4.69, 9.17) is 5.26 Å². The molecule has 0 aliphatic heterocycles. The van der Waals surface area contributed by atoms with Crippen LogP contribution in [0.15, 0.2) is 24.5 Å². The molecule has 0 fully saturated rings. The third kappa shape index (κ3) is 13.1. The molecule has 0 aromatic carbocycles. The van der Waals surface area contributed by atoms with Gasteiger partial charge < -0.3 is 0 Å². The van der Waals surface area contributed by atoms with Gasteiger partial charge in [-0.15, -0.1) is 17.7 Å². The summed E-state index contributed by atoms with van der Waals surface area (Å²) in [5, 5.41) is 8.29. The third-order valence-electron chi connectivity index (χ3n) is 1.25. The van der Waals surface area contributed by atoms with Gasteiger partial charge in [0.2, 0.25) is 0 Å². The van der Waals surface area contributed by atoms with Gasteiger partial charge in [-0.2, -0.15) is 5.26 Å². The van der Waals surface area contributed by atoms with Gasteiger partial charge in [0.05, 0.1) is 11.6 Å². The Morgan fingerprint density at radius 2 is 1.26 bits per heavy atom. The van der Waals surface area contributed by atoms with Crippen LogP contribution in [0.1, 0.15) is 5.56 Å². The Balaban J connectivity index is 0.000000399. The molecule has 19 heavy (non-hydrogen) atoms. The number of hydrogen-bond donors (Lipinski definition) is 0. The van der Waals surface area contributed by atoms with Gasteiger partial charge in [-0.25, -0.2) is 0 Å². The number of aromatic nitrogens is 1. The van der Waals surface area contributed by atoms with Crippen molar-refractivity contribution in [2.24, 2.45) is 0 Å². The minimum absolute atomic E-state index is 0.0772. The summed E-state index contributed by atoms with van der Waals surface area (Å²) in [5.41, 5.74) is 0.204. The molecule has 0 radical (unpaired) electrons. The van der Waals surface area contributed by atoms with Gasteiger partial charge in [0.25, 0.3) is 0 Å². The monoisotopic (exact) mass is 408 g/mol. The Morgan fingerprint density at radius 3 is 1.47 bits per heavy atom. The zero-order chi connectivity index (χ0) is 15.6. The molecular weight excluding hydrogens is 405 g/mol. The molecule has 0 unspecified atom stereocenters. The molecule has 0 atom stereocenters. The van der Waals surface area contributed by atoms with Crippen LogP contribution in [0, 0.1) is 11.3 Å². The topological polar surface area (TPSA) is 27.7 Å². The van der Waals surface area contributed by atoms with Crippen LogP contribution in [-0.2, 0) is 6.30 Å². The van der Waals surface area contributed by atoms with Crippen molar-refractivity contribution in [1.29, 1.82) is 5.26 Å². The molecule has 1 aromatic rings. The van der Waals surface area contributed by atoms with Crippen molar-refractivity contribution in [3.05, 3.63) is 30.1 Å². The summed E-state index contributed by atoms with van der Waals surface area (Å²) >= 11 is -11.2. The van der Waals surface area contributed by atoms with Crippen LogP contribution in [-0.4, -0.2) is 19.5 Å². The Labute approximate surface area is 102 Å². The molecule has 0 aliphatic carbocycles. The zero-order valence-corrected chi connectivity index (χ0v) is 11.1. The summed E-state index contributed by atoms with van der Waals surface area (Å²) in [6, 6.07) is 3.93. The summed E-state index contributed by atoms with van der Waals surface area (Å²) in [7, 11) is 0. The second-order valence-electron chi connectivity index (χ2n) is 3.03. The molecule has 0 saturated heterocycles. The molecule has 0 spiro atoms. The first-order chi connectivity index (χ1) is 7.99. The van der Waals surface area contributed by atoms with Gasteiger partial charge in [-0.1, -0.05) is 0 Å². The predicted octanol–water partition coefficient (Wildman–Crippen LogP) is 3.46. The van der Waals surface area contributed by atoms with Crippen molar-refractivity contribution >= 4 is 19.5 Å². The number of alkyl halides is 3. The fourth-order valence-electron chi connectivity index (χ4n) is 0.670. The number of nitrogens with zero attached hydrogens (tertiary/aromatic N) is 2. The van der Waals surface area contributed by atoms with E-state index in [-0.39, 0.29) is 10.1 Å². The first kappa shape index (κ1) is 17.8. The quantitative estimate of drug-likeness (QED) is 0.367. The van der Waals surface area contributed by atoms with Crippen molar-refractivity contribution in [2.75, 3.05) is 0 Å². The van der Waals surface area contributed by atoms with Gasteiger partial charge in [0, 0.05) is 12.1 Å². The summed E-state index contributed by atoms with van der Waals surface area (Å²) in [6.45, 7) is 0. The average Bonchev–Trinajstić information content (AvgIpc) is 2.11. The first-order valence-electron chi connectivity index (χ1n) is 4.04.